The van der Waals surface area contributed by atoms with Crippen LogP contribution in [0.1, 0.15) is 23.7 Å². The molecule has 4 rings (SSSR count). The lowest BCUT2D eigenvalue weighted by Crippen LogP contribution is -2.31. The molecule has 7 heteroatoms. The molecule has 3 heterocycles. The van der Waals surface area contributed by atoms with Gasteiger partial charge in [-0.2, -0.15) is 0 Å². The van der Waals surface area contributed by atoms with Crippen LogP contribution in [0, 0.1) is 0 Å². The van der Waals surface area contributed by atoms with Crippen LogP contribution in [-0.2, 0) is 11.3 Å². The molecule has 0 saturated carbocycles. The third kappa shape index (κ3) is 3.84. The Labute approximate surface area is 165 Å². The molecule has 0 aliphatic carbocycles. The zero-order valence-corrected chi connectivity index (χ0v) is 15.8. The van der Waals surface area contributed by atoms with E-state index in [1.807, 2.05) is 53.9 Å². The van der Waals surface area contributed by atoms with Crippen LogP contribution in [0.25, 0.3) is 10.2 Å². The summed E-state index contributed by atoms with van der Waals surface area (Å²) in [5.41, 5.74) is 1.59. The number of hydrogen-bond acceptors (Lipinski definition) is 5. The number of carbonyl (C=O) groups excluding carboxylic acids is 1. The Bertz CT molecular complexity index is 1100. The van der Waals surface area contributed by atoms with Crippen molar-refractivity contribution in [3.63, 3.8) is 0 Å². The minimum absolute atomic E-state index is 0.122. The first-order valence-corrected chi connectivity index (χ1v) is 9.78. The van der Waals surface area contributed by atoms with Crippen molar-refractivity contribution in [2.24, 2.45) is 0 Å². The van der Waals surface area contributed by atoms with Crippen LogP contribution in [0.3, 0.4) is 0 Å². The Hall–Kier alpha value is -3.32. The van der Waals surface area contributed by atoms with E-state index in [0.29, 0.717) is 10.2 Å². The fraction of sp³-hybridized carbons (Fsp3) is 0.143. The highest BCUT2D eigenvalue weighted by Gasteiger charge is 2.18. The second-order valence-electron chi connectivity index (χ2n) is 6.30. The number of rotatable bonds is 6. The Kier molecular flexibility index (Phi) is 5.25. The molecule has 140 valence electrons. The summed E-state index contributed by atoms with van der Waals surface area (Å²) >= 11 is 1.43. The molecular weight excluding hydrogens is 372 g/mol. The molecule has 0 spiro atoms. The molecule has 1 amide bonds. The zero-order valence-electron chi connectivity index (χ0n) is 15.0. The molecule has 0 saturated heterocycles. The van der Waals surface area contributed by atoms with Gasteiger partial charge in [0.2, 0.25) is 5.91 Å². The standard InChI is InChI=1S/C21H18N4O2S/c26-18(9-12-25-14-23-20-16(21(25)27)10-13-28-20)24-19(15-6-2-1-3-7-15)17-8-4-5-11-22-17/h1-8,10-11,13-14,19H,9,12H2,(H,24,26). The number of carbonyl (C=O) groups is 1. The third-order valence-electron chi connectivity index (χ3n) is 4.45. The molecule has 1 atom stereocenters. The van der Waals surface area contributed by atoms with Gasteiger partial charge in [-0.05, 0) is 29.1 Å². The number of benzene rings is 1. The number of aromatic nitrogens is 3. The summed E-state index contributed by atoms with van der Waals surface area (Å²) in [6, 6.07) is 16.7. The van der Waals surface area contributed by atoms with Gasteiger partial charge in [0.25, 0.3) is 5.56 Å². The molecule has 3 aromatic heterocycles. The summed E-state index contributed by atoms with van der Waals surface area (Å²) in [5.74, 6) is -0.156. The van der Waals surface area contributed by atoms with Crippen molar-refractivity contribution in [2.45, 2.75) is 19.0 Å². The van der Waals surface area contributed by atoms with Crippen LogP contribution in [0.2, 0.25) is 0 Å². The van der Waals surface area contributed by atoms with E-state index in [1.54, 1.807) is 12.3 Å². The Balaban J connectivity index is 1.50. The number of hydrogen-bond donors (Lipinski definition) is 1. The summed E-state index contributed by atoms with van der Waals surface area (Å²) in [6.45, 7) is 0.271. The fourth-order valence-corrected chi connectivity index (χ4v) is 3.75. The number of fused-ring (bicyclic) bond motifs is 1. The second-order valence-corrected chi connectivity index (χ2v) is 7.19. The average molecular weight is 390 g/mol. The zero-order chi connectivity index (χ0) is 19.3. The van der Waals surface area contributed by atoms with Gasteiger partial charge >= 0.3 is 0 Å². The van der Waals surface area contributed by atoms with Crippen LogP contribution in [0.4, 0.5) is 0 Å². The van der Waals surface area contributed by atoms with E-state index in [9.17, 15) is 9.59 Å². The van der Waals surface area contributed by atoms with Gasteiger partial charge < -0.3 is 5.32 Å². The minimum Gasteiger partial charge on any atom is -0.344 e. The first kappa shape index (κ1) is 18.1. The van der Waals surface area contributed by atoms with Gasteiger partial charge in [0.1, 0.15) is 4.83 Å². The van der Waals surface area contributed by atoms with E-state index in [2.05, 4.69) is 15.3 Å². The lowest BCUT2D eigenvalue weighted by Gasteiger charge is -2.19. The van der Waals surface area contributed by atoms with Crippen molar-refractivity contribution in [1.82, 2.24) is 19.9 Å². The van der Waals surface area contributed by atoms with E-state index in [-0.39, 0.29) is 30.5 Å². The number of pyridine rings is 1. The maximum Gasteiger partial charge on any atom is 0.262 e. The van der Waals surface area contributed by atoms with Crippen LogP contribution >= 0.6 is 11.3 Å². The van der Waals surface area contributed by atoms with Gasteiger partial charge in [-0.25, -0.2) is 4.98 Å². The molecule has 4 aromatic rings. The van der Waals surface area contributed by atoms with Crippen molar-refractivity contribution in [3.8, 4) is 0 Å². The smallest absolute Gasteiger partial charge is 0.262 e. The molecule has 0 fully saturated rings. The Morgan fingerprint density at radius 2 is 1.89 bits per heavy atom. The Morgan fingerprint density at radius 3 is 2.68 bits per heavy atom. The number of nitrogens with zero attached hydrogens (tertiary/aromatic N) is 3. The molecule has 1 aromatic carbocycles. The average Bonchev–Trinajstić information content (AvgIpc) is 3.22. The van der Waals surface area contributed by atoms with Crippen LogP contribution in [0.15, 0.2) is 77.3 Å². The summed E-state index contributed by atoms with van der Waals surface area (Å²) in [7, 11) is 0. The third-order valence-corrected chi connectivity index (χ3v) is 5.27. The minimum atomic E-state index is -0.343. The molecule has 1 unspecified atom stereocenters. The highest BCUT2D eigenvalue weighted by atomic mass is 32.1. The molecule has 6 nitrogen and oxygen atoms in total. The van der Waals surface area contributed by atoms with Crippen LogP contribution < -0.4 is 10.9 Å². The van der Waals surface area contributed by atoms with Gasteiger partial charge in [0, 0.05) is 19.2 Å². The number of thiophene rings is 1. The normalized spacial score (nSPS) is 12.0. The van der Waals surface area contributed by atoms with E-state index in [0.717, 1.165) is 11.3 Å². The van der Waals surface area contributed by atoms with E-state index in [1.165, 1.54) is 22.2 Å². The Morgan fingerprint density at radius 1 is 1.07 bits per heavy atom. The van der Waals surface area contributed by atoms with Gasteiger partial charge in [-0.15, -0.1) is 11.3 Å². The predicted molar refractivity (Wildman–Crippen MR) is 109 cm³/mol. The molecule has 0 aliphatic heterocycles. The number of nitrogens with one attached hydrogen (secondary N) is 1. The van der Waals surface area contributed by atoms with Gasteiger partial charge in [0.15, 0.2) is 0 Å². The summed E-state index contributed by atoms with van der Waals surface area (Å²) in [5, 5.41) is 5.46. The van der Waals surface area contributed by atoms with Crippen molar-refractivity contribution in [2.75, 3.05) is 0 Å². The SMILES string of the molecule is O=C(CCn1cnc2sccc2c1=O)NC(c1ccccc1)c1ccccn1. The molecule has 28 heavy (non-hydrogen) atoms. The van der Waals surface area contributed by atoms with E-state index < -0.39 is 0 Å². The molecule has 0 radical (unpaired) electrons. The molecule has 1 N–H and O–H groups in total. The van der Waals surface area contributed by atoms with Crippen LogP contribution in [0.5, 0.6) is 0 Å². The van der Waals surface area contributed by atoms with Crippen molar-refractivity contribution >= 4 is 27.5 Å². The van der Waals surface area contributed by atoms with Gasteiger partial charge in [-0.3, -0.25) is 19.1 Å². The molecular formula is C21H18N4O2S. The number of aryl methyl sites for hydroxylation is 1. The maximum atomic E-state index is 12.6. The number of amides is 1. The quantitative estimate of drug-likeness (QED) is 0.549. The molecule has 0 bridgehead atoms. The maximum absolute atomic E-state index is 12.6. The molecule has 0 aliphatic rings. The van der Waals surface area contributed by atoms with Crippen LogP contribution in [-0.4, -0.2) is 20.4 Å². The summed E-state index contributed by atoms with van der Waals surface area (Å²) in [6.07, 6.45) is 3.38. The van der Waals surface area contributed by atoms with E-state index in [4.69, 9.17) is 0 Å². The first-order chi connectivity index (χ1) is 13.7. The highest BCUT2D eigenvalue weighted by Crippen LogP contribution is 2.20. The largest absolute Gasteiger partial charge is 0.344 e. The van der Waals surface area contributed by atoms with Crippen molar-refractivity contribution in [3.05, 3.63) is 94.1 Å². The van der Waals surface area contributed by atoms with Gasteiger partial charge in [0.05, 0.1) is 23.4 Å². The van der Waals surface area contributed by atoms with Crippen molar-refractivity contribution < 1.29 is 4.79 Å². The van der Waals surface area contributed by atoms with E-state index >= 15 is 0 Å². The topological polar surface area (TPSA) is 76.9 Å². The fourth-order valence-electron chi connectivity index (χ4n) is 3.03. The predicted octanol–water partition coefficient (Wildman–Crippen LogP) is 3.15. The summed E-state index contributed by atoms with van der Waals surface area (Å²) in [4.78, 5) is 34.5. The van der Waals surface area contributed by atoms with Gasteiger partial charge in [-0.1, -0.05) is 36.4 Å². The summed E-state index contributed by atoms with van der Waals surface area (Å²) < 4.78 is 1.48. The van der Waals surface area contributed by atoms with Crippen molar-refractivity contribution in [1.29, 1.82) is 0 Å². The monoisotopic (exact) mass is 390 g/mol. The lowest BCUT2D eigenvalue weighted by molar-refractivity contribution is -0.121. The first-order valence-electron chi connectivity index (χ1n) is 8.90. The lowest BCUT2D eigenvalue weighted by atomic mass is 10.0. The second kappa shape index (κ2) is 8.14. The highest BCUT2D eigenvalue weighted by molar-refractivity contribution is 7.16.